The van der Waals surface area contributed by atoms with Gasteiger partial charge in [-0.3, -0.25) is 19.3 Å². The van der Waals surface area contributed by atoms with Gasteiger partial charge in [0.15, 0.2) is 5.78 Å². The van der Waals surface area contributed by atoms with Gasteiger partial charge in [-0.05, 0) is 49.6 Å². The van der Waals surface area contributed by atoms with Gasteiger partial charge in [-0.15, -0.1) is 0 Å². The lowest BCUT2D eigenvalue weighted by molar-refractivity contribution is -0.138. The van der Waals surface area contributed by atoms with E-state index in [1.165, 1.54) is 4.90 Å². The van der Waals surface area contributed by atoms with Crippen molar-refractivity contribution in [2.45, 2.75) is 57.8 Å². The maximum Gasteiger partial charge on any atom is 0.251 e. The first-order valence-corrected chi connectivity index (χ1v) is 13.3. The number of piperazine rings is 1. The lowest BCUT2D eigenvalue weighted by Crippen LogP contribution is -2.52. The van der Waals surface area contributed by atoms with Crippen molar-refractivity contribution in [1.82, 2.24) is 15.1 Å². The molecule has 37 heavy (non-hydrogen) atoms. The Morgan fingerprint density at radius 1 is 1.16 bits per heavy atom. The van der Waals surface area contributed by atoms with Crippen molar-refractivity contribution in [2.24, 2.45) is 22.1 Å². The standard InChI is InChI=1S/C26H39N7O4/c1-4-9-31-10-12-32(13-11-31)19-7-5-18(6-8-19)25(35)28-20(14-17(2)3)26(36)33-15-21(29-30-27)24-23(33)22(34)16-37-24/h5-8,17,20-21,23-24H,4,9-16H2,1-3H3,(H2,27,29)(H,28,35)/t20-,21+,23+,24+/m0/s1. The number of rotatable bonds is 9. The van der Waals surface area contributed by atoms with E-state index in [0.29, 0.717) is 12.0 Å². The molecule has 0 saturated carbocycles. The second kappa shape index (κ2) is 12.0. The van der Waals surface area contributed by atoms with Crippen LogP contribution >= 0.6 is 0 Å². The van der Waals surface area contributed by atoms with E-state index < -0.39 is 24.2 Å². The molecule has 11 nitrogen and oxygen atoms in total. The monoisotopic (exact) mass is 513 g/mol. The number of fused-ring (bicyclic) bond motifs is 1. The maximum absolute atomic E-state index is 13.6. The summed E-state index contributed by atoms with van der Waals surface area (Å²) in [5.41, 5.74) is 1.58. The predicted molar refractivity (Wildman–Crippen MR) is 139 cm³/mol. The summed E-state index contributed by atoms with van der Waals surface area (Å²) >= 11 is 0. The Labute approximate surface area is 218 Å². The Morgan fingerprint density at radius 2 is 1.86 bits per heavy atom. The van der Waals surface area contributed by atoms with Crippen LogP contribution in [0.15, 0.2) is 34.6 Å². The first-order valence-electron chi connectivity index (χ1n) is 13.3. The van der Waals surface area contributed by atoms with E-state index in [9.17, 15) is 14.4 Å². The topological polar surface area (TPSA) is 133 Å². The highest BCUT2D eigenvalue weighted by molar-refractivity contribution is 5.99. The summed E-state index contributed by atoms with van der Waals surface area (Å²) in [6.45, 7) is 11.4. The Hall–Kier alpha value is -3.05. The number of amides is 2. The third kappa shape index (κ3) is 6.10. The number of carbonyl (C=O) groups excluding carboxylic acids is 3. The van der Waals surface area contributed by atoms with Gasteiger partial charge in [0.2, 0.25) is 5.91 Å². The summed E-state index contributed by atoms with van der Waals surface area (Å²) in [6, 6.07) is 5.53. The molecule has 4 atom stereocenters. The number of hydrogen-bond donors (Lipinski definition) is 2. The molecule has 0 aliphatic carbocycles. The van der Waals surface area contributed by atoms with Crippen LogP contribution in [0.5, 0.6) is 0 Å². The van der Waals surface area contributed by atoms with Crippen molar-refractivity contribution in [3.8, 4) is 0 Å². The minimum atomic E-state index is -0.776. The number of benzene rings is 1. The molecule has 0 aromatic heterocycles. The Bertz CT molecular complexity index is 991. The van der Waals surface area contributed by atoms with Crippen molar-refractivity contribution >= 4 is 23.3 Å². The molecule has 3 aliphatic rings. The van der Waals surface area contributed by atoms with Gasteiger partial charge >= 0.3 is 0 Å². The van der Waals surface area contributed by atoms with Crippen LogP contribution in [0.3, 0.4) is 0 Å². The Balaban J connectivity index is 1.42. The average molecular weight is 514 g/mol. The van der Waals surface area contributed by atoms with Crippen LogP contribution in [-0.2, 0) is 14.3 Å². The number of likely N-dealkylation sites (tertiary alicyclic amines) is 1. The molecule has 0 spiro atoms. The molecule has 3 heterocycles. The van der Waals surface area contributed by atoms with Crippen LogP contribution in [0.1, 0.15) is 44.0 Å². The highest BCUT2D eigenvalue weighted by Crippen LogP contribution is 2.30. The highest BCUT2D eigenvalue weighted by atomic mass is 16.5. The van der Waals surface area contributed by atoms with Crippen LogP contribution in [0, 0.1) is 5.92 Å². The fourth-order valence-electron chi connectivity index (χ4n) is 5.55. The molecular formula is C26H39N7O4. The van der Waals surface area contributed by atoms with Crippen LogP contribution in [0.25, 0.3) is 0 Å². The minimum Gasteiger partial charge on any atom is -0.369 e. The van der Waals surface area contributed by atoms with Gasteiger partial charge in [0, 0.05) is 44.0 Å². The molecule has 3 fully saturated rings. The summed E-state index contributed by atoms with van der Waals surface area (Å²) in [6.07, 6.45) is 1.04. The number of carbonyl (C=O) groups is 3. The number of nitrogens with two attached hydrogens (primary N) is 1. The molecule has 3 saturated heterocycles. The van der Waals surface area contributed by atoms with Gasteiger partial charge in [0.1, 0.15) is 30.8 Å². The molecule has 202 valence electrons. The first kappa shape index (κ1) is 27.0. The van der Waals surface area contributed by atoms with E-state index in [2.05, 4.69) is 32.4 Å². The zero-order chi connectivity index (χ0) is 26.5. The van der Waals surface area contributed by atoms with Crippen molar-refractivity contribution in [3.05, 3.63) is 29.8 Å². The van der Waals surface area contributed by atoms with E-state index in [-0.39, 0.29) is 36.7 Å². The number of Topliss-reactive ketones (excluding diaryl/α,β-unsaturated/α-hetero) is 1. The fourth-order valence-corrected chi connectivity index (χ4v) is 5.55. The van der Waals surface area contributed by atoms with Crippen molar-refractivity contribution in [1.29, 1.82) is 0 Å². The first-order chi connectivity index (χ1) is 17.8. The molecule has 0 bridgehead atoms. The predicted octanol–water partition coefficient (Wildman–Crippen LogP) is 1.24. The number of ketones is 1. The molecule has 4 rings (SSSR count). The third-order valence-electron chi connectivity index (χ3n) is 7.37. The number of ether oxygens (including phenoxy) is 1. The normalized spacial score (nSPS) is 25.2. The minimum absolute atomic E-state index is 0.0725. The fraction of sp³-hybridized carbons (Fsp3) is 0.654. The smallest absolute Gasteiger partial charge is 0.251 e. The van der Waals surface area contributed by atoms with E-state index >= 15 is 0 Å². The van der Waals surface area contributed by atoms with E-state index in [0.717, 1.165) is 44.8 Å². The van der Waals surface area contributed by atoms with Gasteiger partial charge in [0.25, 0.3) is 5.91 Å². The molecule has 0 unspecified atom stereocenters. The quantitative estimate of drug-likeness (QED) is 0.288. The average Bonchev–Trinajstić information content (AvgIpc) is 3.44. The lowest BCUT2D eigenvalue weighted by Gasteiger charge is -2.36. The van der Waals surface area contributed by atoms with Crippen molar-refractivity contribution in [2.75, 3.05) is 50.8 Å². The SMILES string of the molecule is CCCN1CCN(c2ccc(C(=O)N[C@@H](CC(C)C)C(=O)N3C[C@@H](N=NN)[C@H]4OCC(=O)[C@H]43)cc2)CC1. The van der Waals surface area contributed by atoms with E-state index in [1.807, 2.05) is 26.0 Å². The highest BCUT2D eigenvalue weighted by Gasteiger charge is 2.53. The summed E-state index contributed by atoms with van der Waals surface area (Å²) in [5, 5.41) is 10.2. The van der Waals surface area contributed by atoms with Gasteiger partial charge < -0.3 is 25.7 Å². The van der Waals surface area contributed by atoms with Gasteiger partial charge in [-0.25, -0.2) is 0 Å². The second-order valence-corrected chi connectivity index (χ2v) is 10.5. The molecule has 11 heteroatoms. The van der Waals surface area contributed by atoms with Crippen LogP contribution < -0.4 is 16.1 Å². The zero-order valence-corrected chi connectivity index (χ0v) is 22.0. The summed E-state index contributed by atoms with van der Waals surface area (Å²) in [7, 11) is 0. The van der Waals surface area contributed by atoms with Crippen molar-refractivity contribution in [3.63, 3.8) is 0 Å². The summed E-state index contributed by atoms with van der Waals surface area (Å²) < 4.78 is 5.58. The second-order valence-electron chi connectivity index (χ2n) is 10.5. The van der Waals surface area contributed by atoms with Crippen LogP contribution in [0.4, 0.5) is 5.69 Å². The van der Waals surface area contributed by atoms with Gasteiger partial charge in [-0.2, -0.15) is 5.11 Å². The molecular weight excluding hydrogens is 474 g/mol. The van der Waals surface area contributed by atoms with Gasteiger partial charge in [0.05, 0.1) is 0 Å². The number of hydrogen-bond acceptors (Lipinski definition) is 8. The Morgan fingerprint density at radius 3 is 2.49 bits per heavy atom. The molecule has 3 aliphatic heterocycles. The molecule has 0 radical (unpaired) electrons. The maximum atomic E-state index is 13.6. The Kier molecular flexibility index (Phi) is 8.75. The largest absolute Gasteiger partial charge is 0.369 e. The molecule has 2 amide bonds. The van der Waals surface area contributed by atoms with E-state index in [1.54, 1.807) is 12.1 Å². The zero-order valence-electron chi connectivity index (χ0n) is 22.0. The van der Waals surface area contributed by atoms with Crippen LogP contribution in [-0.4, -0.2) is 97.5 Å². The van der Waals surface area contributed by atoms with Crippen LogP contribution in [0.2, 0.25) is 0 Å². The third-order valence-corrected chi connectivity index (χ3v) is 7.37. The van der Waals surface area contributed by atoms with Gasteiger partial charge in [-0.1, -0.05) is 26.0 Å². The number of nitrogens with one attached hydrogen (secondary N) is 1. The summed E-state index contributed by atoms with van der Waals surface area (Å²) in [4.78, 5) is 45.6. The van der Waals surface area contributed by atoms with Crippen molar-refractivity contribution < 1.29 is 19.1 Å². The summed E-state index contributed by atoms with van der Waals surface area (Å²) in [5.74, 6) is 4.58. The van der Waals surface area contributed by atoms with E-state index in [4.69, 9.17) is 10.6 Å². The number of anilines is 1. The molecule has 1 aromatic rings. The molecule has 1 aromatic carbocycles. The lowest BCUT2D eigenvalue weighted by atomic mass is 10.0. The number of nitrogens with zero attached hydrogens (tertiary/aromatic N) is 5. The molecule has 3 N–H and O–H groups in total.